The molecule has 25 heavy (non-hydrogen) atoms. The van der Waals surface area contributed by atoms with Crippen molar-refractivity contribution < 1.29 is 14.3 Å². The Labute approximate surface area is 154 Å². The monoisotopic (exact) mass is 403 g/mol. The third-order valence-electron chi connectivity index (χ3n) is 3.69. The van der Waals surface area contributed by atoms with Gasteiger partial charge in [0.15, 0.2) is 11.5 Å². The highest BCUT2D eigenvalue weighted by Crippen LogP contribution is 2.31. The number of ether oxygens (including phenoxy) is 2. The number of hydrogen-bond acceptors (Lipinski definition) is 5. The number of rotatable bonds is 6. The van der Waals surface area contributed by atoms with Crippen molar-refractivity contribution in [3.63, 3.8) is 0 Å². The molecule has 0 radical (unpaired) electrons. The molecular weight excluding hydrogens is 386 g/mol. The zero-order chi connectivity index (χ0) is 17.6. The lowest BCUT2D eigenvalue weighted by Crippen LogP contribution is -2.36. The molecule has 1 aliphatic heterocycles. The van der Waals surface area contributed by atoms with Crippen LogP contribution in [0.1, 0.15) is 18.9 Å². The van der Waals surface area contributed by atoms with Crippen molar-refractivity contribution in [3.8, 4) is 11.5 Å². The zero-order valence-corrected chi connectivity index (χ0v) is 15.2. The van der Waals surface area contributed by atoms with Crippen molar-refractivity contribution in [1.82, 2.24) is 5.43 Å². The van der Waals surface area contributed by atoms with Crippen LogP contribution in [0.25, 0.3) is 0 Å². The molecule has 7 heteroatoms. The number of hydrazone groups is 1. The number of halogens is 1. The van der Waals surface area contributed by atoms with E-state index in [1.807, 2.05) is 49.4 Å². The number of fused-ring (bicyclic) bond motifs is 1. The van der Waals surface area contributed by atoms with Gasteiger partial charge in [0.1, 0.15) is 6.04 Å². The summed E-state index contributed by atoms with van der Waals surface area (Å²) in [5.74, 6) is 1.20. The quantitative estimate of drug-likeness (QED) is 0.571. The first-order valence-electron chi connectivity index (χ1n) is 7.90. The van der Waals surface area contributed by atoms with Gasteiger partial charge < -0.3 is 14.8 Å². The summed E-state index contributed by atoms with van der Waals surface area (Å²) >= 11 is 3.39. The van der Waals surface area contributed by atoms with Gasteiger partial charge in [0.25, 0.3) is 5.91 Å². The van der Waals surface area contributed by atoms with Crippen molar-refractivity contribution in [2.45, 2.75) is 19.4 Å². The maximum absolute atomic E-state index is 12.3. The summed E-state index contributed by atoms with van der Waals surface area (Å²) in [5, 5.41) is 7.22. The van der Waals surface area contributed by atoms with Crippen LogP contribution in [-0.2, 0) is 4.79 Å². The van der Waals surface area contributed by atoms with E-state index in [0.29, 0.717) is 17.9 Å². The molecule has 1 atom stereocenters. The number of nitrogens with zero attached hydrogens (tertiary/aromatic N) is 1. The van der Waals surface area contributed by atoms with Crippen LogP contribution in [0.5, 0.6) is 11.5 Å². The summed E-state index contributed by atoms with van der Waals surface area (Å²) in [5.41, 5.74) is 4.27. The lowest BCUT2D eigenvalue weighted by atomic mass is 10.2. The standard InChI is InChI=1S/C18H18BrN3O3/c1-2-15(21-14-6-4-13(19)5-7-14)18(23)22-20-10-12-3-8-16-17(9-12)25-11-24-16/h3-10,15,21H,2,11H2,1H3,(H,22,23)/b20-10+. The van der Waals surface area contributed by atoms with Crippen molar-refractivity contribution >= 4 is 33.7 Å². The minimum atomic E-state index is -0.366. The van der Waals surface area contributed by atoms with Gasteiger partial charge in [-0.3, -0.25) is 4.79 Å². The van der Waals surface area contributed by atoms with Crippen LogP contribution in [0.4, 0.5) is 5.69 Å². The molecule has 1 unspecified atom stereocenters. The Balaban J connectivity index is 1.57. The zero-order valence-electron chi connectivity index (χ0n) is 13.7. The fourth-order valence-corrected chi connectivity index (χ4v) is 2.61. The maximum atomic E-state index is 12.3. The minimum absolute atomic E-state index is 0.192. The first-order valence-corrected chi connectivity index (χ1v) is 8.69. The molecule has 0 saturated heterocycles. The number of hydrogen-bond donors (Lipinski definition) is 2. The van der Waals surface area contributed by atoms with Gasteiger partial charge in [-0.1, -0.05) is 22.9 Å². The van der Waals surface area contributed by atoms with Crippen LogP contribution < -0.4 is 20.2 Å². The van der Waals surface area contributed by atoms with E-state index in [9.17, 15) is 4.79 Å². The van der Waals surface area contributed by atoms with E-state index in [1.165, 1.54) is 0 Å². The lowest BCUT2D eigenvalue weighted by Gasteiger charge is -2.16. The number of benzene rings is 2. The van der Waals surface area contributed by atoms with Crippen molar-refractivity contribution in [2.75, 3.05) is 12.1 Å². The maximum Gasteiger partial charge on any atom is 0.262 e. The average molecular weight is 404 g/mol. The molecule has 1 heterocycles. The smallest absolute Gasteiger partial charge is 0.262 e. The van der Waals surface area contributed by atoms with Crippen LogP contribution in [0.2, 0.25) is 0 Å². The van der Waals surface area contributed by atoms with Crippen molar-refractivity contribution in [3.05, 3.63) is 52.5 Å². The SMILES string of the molecule is CCC(Nc1ccc(Br)cc1)C(=O)N/N=C/c1ccc2c(c1)OCO2. The summed E-state index contributed by atoms with van der Waals surface area (Å²) in [6.45, 7) is 2.17. The number of anilines is 1. The van der Waals surface area contributed by atoms with E-state index in [-0.39, 0.29) is 18.7 Å². The highest BCUT2D eigenvalue weighted by atomic mass is 79.9. The van der Waals surface area contributed by atoms with E-state index in [4.69, 9.17) is 9.47 Å². The second-order valence-corrected chi connectivity index (χ2v) is 6.37. The highest BCUT2D eigenvalue weighted by molar-refractivity contribution is 9.10. The number of carbonyl (C=O) groups excluding carboxylic acids is 1. The fourth-order valence-electron chi connectivity index (χ4n) is 2.34. The topological polar surface area (TPSA) is 72.0 Å². The Bertz CT molecular complexity index is 778. The van der Waals surface area contributed by atoms with Gasteiger partial charge in [-0.15, -0.1) is 0 Å². The predicted octanol–water partition coefficient (Wildman–Crippen LogP) is 3.52. The van der Waals surface area contributed by atoms with Gasteiger partial charge in [0, 0.05) is 10.2 Å². The Morgan fingerprint density at radius 1 is 1.24 bits per heavy atom. The van der Waals surface area contributed by atoms with Crippen LogP contribution >= 0.6 is 15.9 Å². The van der Waals surface area contributed by atoms with Gasteiger partial charge >= 0.3 is 0 Å². The molecule has 0 fully saturated rings. The normalized spacial score (nSPS) is 13.7. The molecule has 0 saturated carbocycles. The van der Waals surface area contributed by atoms with E-state index in [2.05, 4.69) is 31.8 Å². The van der Waals surface area contributed by atoms with Crippen LogP contribution in [0.3, 0.4) is 0 Å². The van der Waals surface area contributed by atoms with Crippen LogP contribution in [-0.4, -0.2) is 25.0 Å². The fraction of sp³-hybridized carbons (Fsp3) is 0.222. The molecular formula is C18H18BrN3O3. The van der Waals surface area contributed by atoms with Gasteiger partial charge in [0.05, 0.1) is 6.21 Å². The minimum Gasteiger partial charge on any atom is -0.454 e. The molecule has 2 aromatic rings. The molecule has 1 aliphatic rings. The molecule has 0 bridgehead atoms. The van der Waals surface area contributed by atoms with E-state index in [0.717, 1.165) is 15.7 Å². The molecule has 1 amide bonds. The molecule has 6 nitrogen and oxygen atoms in total. The largest absolute Gasteiger partial charge is 0.454 e. The number of amides is 1. The van der Waals surface area contributed by atoms with Crippen LogP contribution in [0.15, 0.2) is 52.0 Å². The van der Waals surface area contributed by atoms with Crippen molar-refractivity contribution in [1.29, 1.82) is 0 Å². The summed E-state index contributed by atoms with van der Waals surface area (Å²) in [7, 11) is 0. The molecule has 130 valence electrons. The molecule has 0 aromatic heterocycles. The second-order valence-electron chi connectivity index (χ2n) is 5.46. The Hall–Kier alpha value is -2.54. The lowest BCUT2D eigenvalue weighted by molar-refractivity contribution is -0.121. The molecule has 0 aliphatic carbocycles. The van der Waals surface area contributed by atoms with E-state index < -0.39 is 0 Å². The Kier molecular flexibility index (Phi) is 5.55. The summed E-state index contributed by atoms with van der Waals surface area (Å²) < 4.78 is 11.6. The summed E-state index contributed by atoms with van der Waals surface area (Å²) in [4.78, 5) is 12.3. The second kappa shape index (κ2) is 8.02. The van der Waals surface area contributed by atoms with Crippen LogP contribution in [0, 0.1) is 0 Å². The molecule has 2 N–H and O–H groups in total. The van der Waals surface area contributed by atoms with E-state index >= 15 is 0 Å². The average Bonchev–Trinajstić information content (AvgIpc) is 3.09. The first kappa shape index (κ1) is 17.3. The van der Waals surface area contributed by atoms with Gasteiger partial charge in [0.2, 0.25) is 6.79 Å². The Morgan fingerprint density at radius 2 is 2.00 bits per heavy atom. The number of carbonyl (C=O) groups is 1. The number of nitrogens with one attached hydrogen (secondary N) is 2. The summed E-state index contributed by atoms with van der Waals surface area (Å²) in [6.07, 6.45) is 2.22. The predicted molar refractivity (Wildman–Crippen MR) is 100 cm³/mol. The summed E-state index contributed by atoms with van der Waals surface area (Å²) in [6, 6.07) is 12.8. The Morgan fingerprint density at radius 3 is 2.76 bits per heavy atom. The molecule has 0 spiro atoms. The van der Waals surface area contributed by atoms with E-state index in [1.54, 1.807) is 6.21 Å². The van der Waals surface area contributed by atoms with Gasteiger partial charge in [-0.05, 0) is 54.4 Å². The van der Waals surface area contributed by atoms with Crippen molar-refractivity contribution in [2.24, 2.45) is 5.10 Å². The van der Waals surface area contributed by atoms with Gasteiger partial charge in [-0.25, -0.2) is 5.43 Å². The first-order chi connectivity index (χ1) is 12.2. The third kappa shape index (κ3) is 4.51. The van der Waals surface area contributed by atoms with Gasteiger partial charge in [-0.2, -0.15) is 5.10 Å². The molecule has 2 aromatic carbocycles. The molecule has 3 rings (SSSR count). The highest BCUT2D eigenvalue weighted by Gasteiger charge is 2.16. The third-order valence-corrected chi connectivity index (χ3v) is 4.22.